The van der Waals surface area contributed by atoms with Crippen LogP contribution in [0.2, 0.25) is 5.02 Å². The number of fused-ring (bicyclic) bond motifs is 1. The van der Waals surface area contributed by atoms with Crippen LogP contribution in [0.25, 0.3) is 16.9 Å². The van der Waals surface area contributed by atoms with Crippen molar-refractivity contribution >= 4 is 28.8 Å². The molecule has 1 N–H and O–H groups in total. The van der Waals surface area contributed by atoms with E-state index in [9.17, 15) is 9.18 Å². The van der Waals surface area contributed by atoms with Crippen LogP contribution in [-0.4, -0.2) is 20.5 Å². The average Bonchev–Trinajstić information content (AvgIpc) is 3.10. The van der Waals surface area contributed by atoms with Gasteiger partial charge in [-0.1, -0.05) is 41.9 Å². The molecule has 2 aromatic carbocycles. The Labute approximate surface area is 153 Å². The lowest BCUT2D eigenvalue weighted by Gasteiger charge is -2.06. The number of carbonyl (C=O) groups excluding carboxylic acids is 1. The first kappa shape index (κ1) is 16.2. The molecule has 0 radical (unpaired) electrons. The minimum absolute atomic E-state index is 0.0628. The molecule has 5 nitrogen and oxygen atoms in total. The van der Waals surface area contributed by atoms with Gasteiger partial charge in [0.25, 0.3) is 5.91 Å². The second kappa shape index (κ2) is 6.57. The Morgan fingerprint density at radius 3 is 2.69 bits per heavy atom. The van der Waals surface area contributed by atoms with Crippen LogP contribution in [0.3, 0.4) is 0 Å². The molecule has 7 heteroatoms. The standard InChI is InChI=1S/C19H12ClFN4O/c20-15-10-13(6-7-16(15)21)24-19(26)14-11-23-25-17(8-9-22-18(14)25)12-4-2-1-3-5-12/h1-11H,(H,24,26). The number of anilines is 1. The van der Waals surface area contributed by atoms with Crippen molar-refractivity contribution in [3.05, 3.63) is 83.4 Å². The molecule has 0 aliphatic heterocycles. The van der Waals surface area contributed by atoms with E-state index in [1.54, 1.807) is 10.7 Å². The molecule has 1 amide bonds. The second-order valence-corrected chi connectivity index (χ2v) is 5.98. The van der Waals surface area contributed by atoms with Crippen LogP contribution in [0.5, 0.6) is 0 Å². The van der Waals surface area contributed by atoms with Gasteiger partial charge >= 0.3 is 0 Å². The monoisotopic (exact) mass is 366 g/mol. The van der Waals surface area contributed by atoms with Crippen molar-refractivity contribution in [2.24, 2.45) is 0 Å². The molecule has 128 valence electrons. The Balaban J connectivity index is 1.71. The zero-order valence-electron chi connectivity index (χ0n) is 13.4. The summed E-state index contributed by atoms with van der Waals surface area (Å²) in [5.74, 6) is -0.949. The van der Waals surface area contributed by atoms with Gasteiger partial charge in [0.15, 0.2) is 5.65 Å². The van der Waals surface area contributed by atoms with Crippen LogP contribution >= 0.6 is 11.6 Å². The number of hydrogen-bond donors (Lipinski definition) is 1. The number of aromatic nitrogens is 3. The number of benzene rings is 2. The summed E-state index contributed by atoms with van der Waals surface area (Å²) in [7, 11) is 0. The average molecular weight is 367 g/mol. The van der Waals surface area contributed by atoms with Crippen LogP contribution in [0, 0.1) is 5.82 Å². The van der Waals surface area contributed by atoms with E-state index in [1.807, 2.05) is 36.4 Å². The van der Waals surface area contributed by atoms with E-state index in [2.05, 4.69) is 15.4 Å². The maximum atomic E-state index is 13.3. The smallest absolute Gasteiger partial charge is 0.261 e. The highest BCUT2D eigenvalue weighted by Crippen LogP contribution is 2.23. The van der Waals surface area contributed by atoms with Crippen molar-refractivity contribution in [2.75, 3.05) is 5.32 Å². The lowest BCUT2D eigenvalue weighted by atomic mass is 10.1. The predicted octanol–water partition coefficient (Wildman–Crippen LogP) is 4.44. The first-order valence-corrected chi connectivity index (χ1v) is 8.16. The highest BCUT2D eigenvalue weighted by atomic mass is 35.5. The van der Waals surface area contributed by atoms with Crippen molar-refractivity contribution < 1.29 is 9.18 Å². The van der Waals surface area contributed by atoms with Gasteiger partial charge in [-0.3, -0.25) is 4.79 Å². The van der Waals surface area contributed by atoms with Gasteiger partial charge in [-0.15, -0.1) is 0 Å². The third kappa shape index (κ3) is 2.91. The Bertz CT molecular complexity index is 1110. The first-order chi connectivity index (χ1) is 12.6. The van der Waals surface area contributed by atoms with E-state index in [1.165, 1.54) is 24.4 Å². The van der Waals surface area contributed by atoms with Gasteiger partial charge in [0, 0.05) is 17.4 Å². The number of amides is 1. The van der Waals surface area contributed by atoms with Gasteiger partial charge in [0.2, 0.25) is 0 Å². The van der Waals surface area contributed by atoms with Crippen molar-refractivity contribution in [1.29, 1.82) is 0 Å². The van der Waals surface area contributed by atoms with E-state index in [0.717, 1.165) is 11.3 Å². The van der Waals surface area contributed by atoms with Gasteiger partial charge < -0.3 is 5.32 Å². The van der Waals surface area contributed by atoms with Crippen LogP contribution in [0.15, 0.2) is 67.0 Å². The summed E-state index contributed by atoms with van der Waals surface area (Å²) in [5, 5.41) is 6.91. The highest BCUT2D eigenvalue weighted by molar-refractivity contribution is 6.31. The van der Waals surface area contributed by atoms with E-state index >= 15 is 0 Å². The van der Waals surface area contributed by atoms with Gasteiger partial charge in [0.1, 0.15) is 11.4 Å². The topological polar surface area (TPSA) is 59.3 Å². The molecule has 0 bridgehead atoms. The Morgan fingerprint density at radius 2 is 1.92 bits per heavy atom. The van der Waals surface area contributed by atoms with E-state index in [4.69, 9.17) is 11.6 Å². The normalized spacial score (nSPS) is 10.8. The Kier molecular flexibility index (Phi) is 4.10. The quantitative estimate of drug-likeness (QED) is 0.583. The lowest BCUT2D eigenvalue weighted by Crippen LogP contribution is -2.12. The molecule has 0 saturated heterocycles. The van der Waals surface area contributed by atoms with Crippen molar-refractivity contribution in [1.82, 2.24) is 14.6 Å². The number of rotatable bonds is 3. The maximum Gasteiger partial charge on any atom is 0.261 e. The largest absolute Gasteiger partial charge is 0.322 e. The SMILES string of the molecule is O=C(Nc1ccc(F)c(Cl)c1)c1cnn2c(-c3ccccc3)ccnc12. The van der Waals surface area contributed by atoms with Crippen molar-refractivity contribution in [3.63, 3.8) is 0 Å². The highest BCUT2D eigenvalue weighted by Gasteiger charge is 2.16. The fourth-order valence-corrected chi connectivity index (χ4v) is 2.83. The number of nitrogens with one attached hydrogen (secondary N) is 1. The summed E-state index contributed by atoms with van der Waals surface area (Å²) >= 11 is 5.75. The summed E-state index contributed by atoms with van der Waals surface area (Å²) < 4.78 is 14.9. The van der Waals surface area contributed by atoms with Crippen LogP contribution in [0.4, 0.5) is 10.1 Å². The molecule has 0 spiro atoms. The molecule has 4 aromatic rings. The zero-order valence-corrected chi connectivity index (χ0v) is 14.1. The third-order valence-electron chi connectivity index (χ3n) is 3.89. The van der Waals surface area contributed by atoms with E-state index < -0.39 is 11.7 Å². The summed E-state index contributed by atoms with van der Waals surface area (Å²) in [6.45, 7) is 0. The van der Waals surface area contributed by atoms with Crippen molar-refractivity contribution in [3.8, 4) is 11.3 Å². The Hall–Kier alpha value is -3.25. The molecular formula is C19H12ClFN4O. The molecule has 0 unspecified atom stereocenters. The molecule has 0 aliphatic carbocycles. The maximum absolute atomic E-state index is 13.3. The molecule has 4 rings (SSSR count). The minimum atomic E-state index is -0.546. The summed E-state index contributed by atoms with van der Waals surface area (Å²) in [6.07, 6.45) is 3.08. The molecular weight excluding hydrogens is 355 g/mol. The molecule has 0 saturated carbocycles. The summed E-state index contributed by atoms with van der Waals surface area (Å²) in [5.41, 5.74) is 2.90. The zero-order chi connectivity index (χ0) is 18.1. The third-order valence-corrected chi connectivity index (χ3v) is 4.18. The lowest BCUT2D eigenvalue weighted by molar-refractivity contribution is 0.102. The number of nitrogens with zero attached hydrogens (tertiary/aromatic N) is 3. The number of carbonyl (C=O) groups is 1. The van der Waals surface area contributed by atoms with Crippen LogP contribution in [0.1, 0.15) is 10.4 Å². The number of hydrogen-bond acceptors (Lipinski definition) is 3. The second-order valence-electron chi connectivity index (χ2n) is 5.57. The first-order valence-electron chi connectivity index (χ1n) is 7.78. The minimum Gasteiger partial charge on any atom is -0.322 e. The molecule has 0 aliphatic rings. The Morgan fingerprint density at radius 1 is 1.12 bits per heavy atom. The molecule has 2 aromatic heterocycles. The molecule has 0 atom stereocenters. The predicted molar refractivity (Wildman–Crippen MR) is 97.8 cm³/mol. The fraction of sp³-hybridized carbons (Fsp3) is 0. The van der Waals surface area contributed by atoms with E-state index in [-0.39, 0.29) is 5.02 Å². The van der Waals surface area contributed by atoms with Gasteiger partial charge in [0.05, 0.1) is 16.9 Å². The summed E-state index contributed by atoms with van der Waals surface area (Å²) in [4.78, 5) is 16.9. The molecule has 26 heavy (non-hydrogen) atoms. The number of halogens is 2. The van der Waals surface area contributed by atoms with Crippen molar-refractivity contribution in [2.45, 2.75) is 0 Å². The van der Waals surface area contributed by atoms with Gasteiger partial charge in [-0.05, 0) is 24.3 Å². The van der Waals surface area contributed by atoms with E-state index in [0.29, 0.717) is 16.9 Å². The fourth-order valence-electron chi connectivity index (χ4n) is 2.65. The van der Waals surface area contributed by atoms with Crippen LogP contribution in [-0.2, 0) is 0 Å². The van der Waals surface area contributed by atoms with Gasteiger partial charge in [-0.2, -0.15) is 5.10 Å². The van der Waals surface area contributed by atoms with Crippen LogP contribution < -0.4 is 5.32 Å². The van der Waals surface area contributed by atoms with Gasteiger partial charge in [-0.25, -0.2) is 13.9 Å². The summed E-state index contributed by atoms with van der Waals surface area (Å²) in [6, 6.07) is 15.5. The molecule has 2 heterocycles. The molecule has 0 fully saturated rings.